The Bertz CT molecular complexity index is 599. The first-order valence-electron chi connectivity index (χ1n) is 5.77. The van der Waals surface area contributed by atoms with E-state index in [0.29, 0.717) is 12.1 Å². The van der Waals surface area contributed by atoms with Gasteiger partial charge in [-0.15, -0.1) is 0 Å². The predicted octanol–water partition coefficient (Wildman–Crippen LogP) is -0.412. The number of benzene rings is 1. The first-order chi connectivity index (χ1) is 9.77. The summed E-state index contributed by atoms with van der Waals surface area (Å²) in [4.78, 5) is 10.1. The number of carbonyl (C=O) groups is 1. The number of amides is 1. The van der Waals surface area contributed by atoms with Crippen molar-refractivity contribution in [2.45, 2.75) is 4.90 Å². The number of hydrogen-bond donors (Lipinski definition) is 3. The zero-order valence-corrected chi connectivity index (χ0v) is 12.0. The standard InChI is InChI=1S/C11H15F2N3O4S/c1-20-3-2-15-10(17)6-16-21(18,19)11-8(12)4-7(14)5-9(11)13/h4-5,16H,2-3,6,14H2,1H3,(H,15,17). The van der Waals surface area contributed by atoms with Crippen molar-refractivity contribution >= 4 is 21.6 Å². The van der Waals surface area contributed by atoms with Gasteiger partial charge in [0.05, 0.1) is 13.2 Å². The number of nitrogens with one attached hydrogen (secondary N) is 2. The number of nitrogens with two attached hydrogens (primary N) is 1. The lowest BCUT2D eigenvalue weighted by Gasteiger charge is -2.09. The lowest BCUT2D eigenvalue weighted by atomic mass is 10.3. The van der Waals surface area contributed by atoms with Crippen LogP contribution in [0.3, 0.4) is 0 Å². The van der Waals surface area contributed by atoms with Gasteiger partial charge in [-0.2, -0.15) is 0 Å². The van der Waals surface area contributed by atoms with Crippen LogP contribution in [0.25, 0.3) is 0 Å². The van der Waals surface area contributed by atoms with Crippen molar-refractivity contribution in [2.24, 2.45) is 0 Å². The number of nitrogen functional groups attached to an aromatic ring is 1. The highest BCUT2D eigenvalue weighted by Gasteiger charge is 2.25. The van der Waals surface area contributed by atoms with E-state index < -0.39 is 39.0 Å². The minimum Gasteiger partial charge on any atom is -0.399 e. The number of methoxy groups -OCH3 is 1. The molecule has 0 aliphatic carbocycles. The zero-order chi connectivity index (χ0) is 16.0. The number of rotatable bonds is 7. The van der Waals surface area contributed by atoms with Crippen molar-refractivity contribution in [1.29, 1.82) is 0 Å². The molecule has 0 aromatic heterocycles. The van der Waals surface area contributed by atoms with Crippen LogP contribution in [0, 0.1) is 11.6 Å². The van der Waals surface area contributed by atoms with E-state index in [2.05, 4.69) is 10.1 Å². The van der Waals surface area contributed by atoms with Gasteiger partial charge >= 0.3 is 0 Å². The van der Waals surface area contributed by atoms with E-state index in [1.807, 2.05) is 0 Å². The lowest BCUT2D eigenvalue weighted by molar-refractivity contribution is -0.120. The van der Waals surface area contributed by atoms with Crippen molar-refractivity contribution < 1.29 is 26.7 Å². The van der Waals surface area contributed by atoms with E-state index in [9.17, 15) is 22.0 Å². The number of sulfonamides is 1. The molecule has 1 aromatic rings. The molecule has 0 aliphatic heterocycles. The molecule has 1 rings (SSSR count). The quantitative estimate of drug-likeness (QED) is 0.467. The SMILES string of the molecule is COCCNC(=O)CNS(=O)(=O)c1c(F)cc(N)cc1F. The molecule has 0 unspecified atom stereocenters. The van der Waals surface area contributed by atoms with Crippen LogP contribution in [-0.4, -0.2) is 41.1 Å². The molecule has 0 atom stereocenters. The molecule has 0 heterocycles. The summed E-state index contributed by atoms with van der Waals surface area (Å²) in [5, 5.41) is 2.35. The van der Waals surface area contributed by atoms with Crippen molar-refractivity contribution in [3.63, 3.8) is 0 Å². The number of ether oxygens (including phenoxy) is 1. The second kappa shape index (κ2) is 7.29. The van der Waals surface area contributed by atoms with E-state index in [1.54, 1.807) is 4.72 Å². The van der Waals surface area contributed by atoms with Crippen LogP contribution in [0.2, 0.25) is 0 Å². The monoisotopic (exact) mass is 323 g/mol. The second-order valence-corrected chi connectivity index (χ2v) is 5.68. The molecule has 0 radical (unpaired) electrons. The Labute approximate surface area is 120 Å². The van der Waals surface area contributed by atoms with Crippen LogP contribution >= 0.6 is 0 Å². The maximum Gasteiger partial charge on any atom is 0.246 e. The molecule has 0 saturated carbocycles. The molecule has 0 spiro atoms. The predicted molar refractivity (Wildman–Crippen MR) is 70.8 cm³/mol. The Morgan fingerprint density at radius 3 is 2.43 bits per heavy atom. The maximum atomic E-state index is 13.5. The number of hydrogen-bond acceptors (Lipinski definition) is 5. The third kappa shape index (κ3) is 4.92. The molecule has 21 heavy (non-hydrogen) atoms. The molecule has 0 fully saturated rings. The summed E-state index contributed by atoms with van der Waals surface area (Å²) < 4.78 is 57.1. The Hall–Kier alpha value is -1.78. The normalized spacial score (nSPS) is 11.4. The van der Waals surface area contributed by atoms with E-state index in [-0.39, 0.29) is 18.8 Å². The Kier molecular flexibility index (Phi) is 6.00. The third-order valence-corrected chi connectivity index (χ3v) is 3.79. The van der Waals surface area contributed by atoms with Gasteiger partial charge in [-0.1, -0.05) is 0 Å². The van der Waals surface area contributed by atoms with Gasteiger partial charge in [0.2, 0.25) is 15.9 Å². The van der Waals surface area contributed by atoms with Crippen LogP contribution in [-0.2, 0) is 19.6 Å². The van der Waals surface area contributed by atoms with Crippen molar-refractivity contribution in [1.82, 2.24) is 10.0 Å². The highest BCUT2D eigenvalue weighted by molar-refractivity contribution is 7.89. The smallest absolute Gasteiger partial charge is 0.246 e. The lowest BCUT2D eigenvalue weighted by Crippen LogP contribution is -2.38. The zero-order valence-electron chi connectivity index (χ0n) is 11.2. The van der Waals surface area contributed by atoms with E-state index in [4.69, 9.17) is 5.73 Å². The van der Waals surface area contributed by atoms with E-state index in [0.717, 1.165) is 0 Å². The first kappa shape index (κ1) is 17.3. The summed E-state index contributed by atoms with van der Waals surface area (Å²) in [6.07, 6.45) is 0. The minimum atomic E-state index is -4.51. The number of halogens is 2. The largest absolute Gasteiger partial charge is 0.399 e. The van der Waals surface area contributed by atoms with Crippen molar-refractivity contribution in [2.75, 3.05) is 32.5 Å². The fourth-order valence-electron chi connectivity index (χ4n) is 1.42. The average molecular weight is 323 g/mol. The molecule has 7 nitrogen and oxygen atoms in total. The highest BCUT2D eigenvalue weighted by Crippen LogP contribution is 2.21. The van der Waals surface area contributed by atoms with Gasteiger partial charge in [0.15, 0.2) is 4.90 Å². The molecule has 0 saturated heterocycles. The molecule has 4 N–H and O–H groups in total. The molecule has 1 aromatic carbocycles. The fraction of sp³-hybridized carbons (Fsp3) is 0.364. The summed E-state index contributed by atoms with van der Waals surface area (Å²) in [7, 11) is -3.08. The fourth-order valence-corrected chi connectivity index (χ4v) is 2.52. The van der Waals surface area contributed by atoms with Gasteiger partial charge in [-0.3, -0.25) is 4.79 Å². The van der Waals surface area contributed by atoms with Crippen LogP contribution in [0.5, 0.6) is 0 Å². The number of anilines is 1. The van der Waals surface area contributed by atoms with Gasteiger partial charge in [-0.25, -0.2) is 21.9 Å². The third-order valence-electron chi connectivity index (χ3n) is 2.34. The number of carbonyl (C=O) groups excluding carboxylic acids is 1. The first-order valence-corrected chi connectivity index (χ1v) is 7.26. The Balaban J connectivity index is 2.77. The van der Waals surface area contributed by atoms with Gasteiger partial charge in [0.1, 0.15) is 11.6 Å². The minimum absolute atomic E-state index is 0.182. The molecular weight excluding hydrogens is 308 g/mol. The molecule has 118 valence electrons. The van der Waals surface area contributed by atoms with Crippen LogP contribution in [0.4, 0.5) is 14.5 Å². The molecule has 1 amide bonds. The van der Waals surface area contributed by atoms with Crippen LogP contribution < -0.4 is 15.8 Å². The second-order valence-electron chi connectivity index (χ2n) is 3.98. The maximum absolute atomic E-state index is 13.5. The summed E-state index contributed by atoms with van der Waals surface area (Å²) in [5.74, 6) is -3.33. The molecule has 10 heteroatoms. The highest BCUT2D eigenvalue weighted by atomic mass is 32.2. The van der Waals surface area contributed by atoms with Crippen LogP contribution in [0.15, 0.2) is 17.0 Å². The van der Waals surface area contributed by atoms with E-state index in [1.165, 1.54) is 7.11 Å². The topological polar surface area (TPSA) is 111 Å². The molecule has 0 bridgehead atoms. The summed E-state index contributed by atoms with van der Waals surface area (Å²) in [5.41, 5.74) is 4.94. The van der Waals surface area contributed by atoms with Gasteiger partial charge < -0.3 is 15.8 Å². The summed E-state index contributed by atoms with van der Waals surface area (Å²) in [6.45, 7) is -0.226. The van der Waals surface area contributed by atoms with Gasteiger partial charge in [-0.05, 0) is 12.1 Å². The molecule has 0 aliphatic rings. The van der Waals surface area contributed by atoms with Gasteiger partial charge in [0.25, 0.3) is 0 Å². The Morgan fingerprint density at radius 1 is 1.33 bits per heavy atom. The summed E-state index contributed by atoms with van der Waals surface area (Å²) >= 11 is 0. The summed E-state index contributed by atoms with van der Waals surface area (Å²) in [6, 6.07) is 1.35. The average Bonchev–Trinajstić information content (AvgIpc) is 2.35. The molecular formula is C11H15F2N3O4S. The van der Waals surface area contributed by atoms with E-state index >= 15 is 0 Å². The Morgan fingerprint density at radius 2 is 1.90 bits per heavy atom. The van der Waals surface area contributed by atoms with Crippen LogP contribution in [0.1, 0.15) is 0 Å². The van der Waals surface area contributed by atoms with Crippen molar-refractivity contribution in [3.8, 4) is 0 Å². The van der Waals surface area contributed by atoms with Gasteiger partial charge in [0, 0.05) is 19.3 Å². The van der Waals surface area contributed by atoms with Crippen molar-refractivity contribution in [3.05, 3.63) is 23.8 Å².